The number of hydrogen-bond donors (Lipinski definition) is 3. The summed E-state index contributed by atoms with van der Waals surface area (Å²) < 4.78 is 6.19. The fraction of sp³-hybridized carbons (Fsp3) is 0.421. The number of benzene rings is 1. The molecule has 0 saturated carbocycles. The largest absolute Gasteiger partial charge is 0.386 e. The molecule has 150 valence electrons. The predicted molar refractivity (Wildman–Crippen MR) is 124 cm³/mol. The Labute approximate surface area is 187 Å². The van der Waals surface area contributed by atoms with Crippen LogP contribution in [0.3, 0.4) is 0 Å². The van der Waals surface area contributed by atoms with Gasteiger partial charge < -0.3 is 20.5 Å². The van der Waals surface area contributed by atoms with Gasteiger partial charge >= 0.3 is 0 Å². The molecule has 2 rings (SSSR count). The summed E-state index contributed by atoms with van der Waals surface area (Å²) >= 11 is 7.31. The zero-order valence-corrected chi connectivity index (χ0v) is 19.5. The predicted octanol–water partition coefficient (Wildman–Crippen LogP) is 4.34. The van der Waals surface area contributed by atoms with E-state index in [9.17, 15) is 5.11 Å². The van der Waals surface area contributed by atoms with Gasteiger partial charge in [0, 0.05) is 24.6 Å². The van der Waals surface area contributed by atoms with E-state index in [1.54, 1.807) is 6.07 Å². The number of aliphatic imine (C=N–C) groups is 1. The molecule has 0 aliphatic heterocycles. The molecule has 8 heteroatoms. The summed E-state index contributed by atoms with van der Waals surface area (Å²) in [4.78, 5) is 5.46. The van der Waals surface area contributed by atoms with E-state index < -0.39 is 6.10 Å². The van der Waals surface area contributed by atoms with Crippen LogP contribution in [-0.2, 0) is 17.9 Å². The van der Waals surface area contributed by atoms with Crippen LogP contribution in [-0.4, -0.2) is 30.8 Å². The van der Waals surface area contributed by atoms with Crippen molar-refractivity contribution in [1.29, 1.82) is 0 Å². The van der Waals surface area contributed by atoms with Crippen molar-refractivity contribution in [3.63, 3.8) is 0 Å². The van der Waals surface area contributed by atoms with Gasteiger partial charge in [0.25, 0.3) is 0 Å². The Morgan fingerprint density at radius 2 is 1.93 bits per heavy atom. The standard InChI is InChI=1S/C19H26ClN3O2S.HI/c1-3-21-19(23-12-16(24)17-9-10-18(20)26-17)22-11-14-7-5-6-8-15(14)13-25-4-2;/h5-10,16,24H,3-4,11-13H2,1-2H3,(H2,21,22,23);1H. The summed E-state index contributed by atoms with van der Waals surface area (Å²) in [6.07, 6.45) is -0.624. The molecule has 0 bridgehead atoms. The van der Waals surface area contributed by atoms with Gasteiger partial charge in [-0.15, -0.1) is 35.3 Å². The van der Waals surface area contributed by atoms with Crippen LogP contribution in [0.4, 0.5) is 0 Å². The molecular formula is C19H27ClIN3O2S. The number of nitrogens with one attached hydrogen (secondary N) is 2. The summed E-state index contributed by atoms with van der Waals surface area (Å²) in [6.45, 7) is 6.92. The maximum absolute atomic E-state index is 10.3. The van der Waals surface area contributed by atoms with Crippen LogP contribution in [0, 0.1) is 0 Å². The van der Waals surface area contributed by atoms with E-state index in [2.05, 4.69) is 27.8 Å². The van der Waals surface area contributed by atoms with Gasteiger partial charge in [-0.3, -0.25) is 0 Å². The Bertz CT molecular complexity index is 712. The SMILES string of the molecule is CCNC(=NCc1ccccc1COCC)NCC(O)c1ccc(Cl)s1.I. The minimum atomic E-state index is -0.624. The summed E-state index contributed by atoms with van der Waals surface area (Å²) in [7, 11) is 0. The Morgan fingerprint density at radius 1 is 1.19 bits per heavy atom. The molecular weight excluding hydrogens is 497 g/mol. The van der Waals surface area contributed by atoms with Gasteiger partial charge in [-0.2, -0.15) is 0 Å². The third-order valence-corrected chi connectivity index (χ3v) is 5.05. The molecule has 1 aromatic carbocycles. The van der Waals surface area contributed by atoms with Crippen LogP contribution in [0.2, 0.25) is 4.34 Å². The third kappa shape index (κ3) is 8.35. The monoisotopic (exact) mass is 523 g/mol. The maximum atomic E-state index is 10.3. The molecule has 0 radical (unpaired) electrons. The van der Waals surface area contributed by atoms with Gasteiger partial charge in [-0.05, 0) is 37.1 Å². The molecule has 1 heterocycles. The Morgan fingerprint density at radius 3 is 2.56 bits per heavy atom. The van der Waals surface area contributed by atoms with Gasteiger partial charge in [0.15, 0.2) is 5.96 Å². The summed E-state index contributed by atoms with van der Waals surface area (Å²) in [5.74, 6) is 0.667. The highest BCUT2D eigenvalue weighted by molar-refractivity contribution is 14.0. The van der Waals surface area contributed by atoms with Crippen LogP contribution < -0.4 is 10.6 Å². The van der Waals surface area contributed by atoms with Crippen molar-refractivity contribution in [2.45, 2.75) is 33.1 Å². The smallest absolute Gasteiger partial charge is 0.191 e. The zero-order valence-electron chi connectivity index (χ0n) is 15.6. The second-order valence-electron chi connectivity index (χ2n) is 5.64. The number of aliphatic hydroxyl groups excluding tert-OH is 1. The van der Waals surface area contributed by atoms with Crippen molar-refractivity contribution in [2.24, 2.45) is 4.99 Å². The Kier molecular flexibility index (Phi) is 11.9. The quantitative estimate of drug-likeness (QED) is 0.260. The van der Waals surface area contributed by atoms with E-state index in [1.807, 2.05) is 32.0 Å². The highest BCUT2D eigenvalue weighted by atomic mass is 127. The van der Waals surface area contributed by atoms with Gasteiger partial charge in [0.2, 0.25) is 0 Å². The molecule has 0 fully saturated rings. The fourth-order valence-electron chi connectivity index (χ4n) is 2.37. The van der Waals surface area contributed by atoms with Crippen molar-refractivity contribution < 1.29 is 9.84 Å². The molecule has 0 spiro atoms. The van der Waals surface area contributed by atoms with E-state index in [4.69, 9.17) is 16.3 Å². The third-order valence-electron chi connectivity index (χ3n) is 3.72. The minimum absolute atomic E-state index is 0. The number of ether oxygens (including phenoxy) is 1. The molecule has 1 unspecified atom stereocenters. The average Bonchev–Trinajstić information content (AvgIpc) is 3.09. The number of rotatable bonds is 9. The second-order valence-corrected chi connectivity index (χ2v) is 7.39. The Hall–Kier alpha value is -0.870. The highest BCUT2D eigenvalue weighted by Crippen LogP contribution is 2.26. The van der Waals surface area contributed by atoms with Gasteiger partial charge in [0.05, 0.1) is 17.5 Å². The van der Waals surface area contributed by atoms with E-state index in [1.165, 1.54) is 11.3 Å². The Balaban J connectivity index is 0.00000364. The van der Waals surface area contributed by atoms with E-state index in [0.29, 0.717) is 36.6 Å². The molecule has 1 aromatic heterocycles. The lowest BCUT2D eigenvalue weighted by Gasteiger charge is -2.15. The van der Waals surface area contributed by atoms with Crippen LogP contribution in [0.1, 0.15) is 36.0 Å². The molecule has 27 heavy (non-hydrogen) atoms. The zero-order chi connectivity index (χ0) is 18.8. The van der Waals surface area contributed by atoms with E-state index >= 15 is 0 Å². The van der Waals surface area contributed by atoms with Crippen LogP contribution in [0.5, 0.6) is 0 Å². The summed E-state index contributed by atoms with van der Waals surface area (Å²) in [5, 5.41) is 16.7. The number of guanidine groups is 1. The normalized spacial score (nSPS) is 12.4. The van der Waals surface area contributed by atoms with Gasteiger partial charge in [0.1, 0.15) is 6.10 Å². The van der Waals surface area contributed by atoms with Crippen molar-refractivity contribution in [2.75, 3.05) is 19.7 Å². The van der Waals surface area contributed by atoms with Crippen molar-refractivity contribution in [3.8, 4) is 0 Å². The van der Waals surface area contributed by atoms with Crippen LogP contribution in [0.15, 0.2) is 41.4 Å². The number of nitrogens with zero attached hydrogens (tertiary/aromatic N) is 1. The molecule has 0 amide bonds. The lowest BCUT2D eigenvalue weighted by Crippen LogP contribution is -2.39. The molecule has 0 saturated heterocycles. The highest BCUT2D eigenvalue weighted by Gasteiger charge is 2.11. The first kappa shape index (κ1) is 24.2. The molecule has 0 aliphatic rings. The summed E-state index contributed by atoms with van der Waals surface area (Å²) in [6, 6.07) is 11.8. The summed E-state index contributed by atoms with van der Waals surface area (Å²) in [5.41, 5.74) is 2.27. The first-order chi connectivity index (χ1) is 12.6. The van der Waals surface area contributed by atoms with Crippen LogP contribution >= 0.6 is 46.9 Å². The number of aliphatic hydroxyl groups is 1. The van der Waals surface area contributed by atoms with Crippen molar-refractivity contribution in [3.05, 3.63) is 56.7 Å². The average molecular weight is 524 g/mol. The first-order valence-electron chi connectivity index (χ1n) is 8.74. The topological polar surface area (TPSA) is 65.9 Å². The molecule has 0 aliphatic carbocycles. The molecule has 1 atom stereocenters. The van der Waals surface area contributed by atoms with E-state index in [-0.39, 0.29) is 24.0 Å². The number of halogens is 2. The van der Waals surface area contributed by atoms with Crippen LogP contribution in [0.25, 0.3) is 0 Å². The van der Waals surface area contributed by atoms with Gasteiger partial charge in [-0.25, -0.2) is 4.99 Å². The molecule has 2 aromatic rings. The number of thiophene rings is 1. The minimum Gasteiger partial charge on any atom is -0.386 e. The molecule has 3 N–H and O–H groups in total. The van der Waals surface area contributed by atoms with Crippen molar-refractivity contribution in [1.82, 2.24) is 10.6 Å². The maximum Gasteiger partial charge on any atom is 0.191 e. The second kappa shape index (κ2) is 13.3. The van der Waals surface area contributed by atoms with Gasteiger partial charge in [-0.1, -0.05) is 35.9 Å². The van der Waals surface area contributed by atoms with Crippen molar-refractivity contribution >= 4 is 52.9 Å². The molecule has 5 nitrogen and oxygen atoms in total. The lowest BCUT2D eigenvalue weighted by atomic mass is 10.1. The number of hydrogen-bond acceptors (Lipinski definition) is 4. The fourth-order valence-corrected chi connectivity index (χ4v) is 3.42. The van der Waals surface area contributed by atoms with E-state index in [0.717, 1.165) is 22.5 Å². The first-order valence-corrected chi connectivity index (χ1v) is 9.93. The lowest BCUT2D eigenvalue weighted by molar-refractivity contribution is 0.133.